The highest BCUT2D eigenvalue weighted by molar-refractivity contribution is 5.96. The van der Waals surface area contributed by atoms with E-state index in [0.29, 0.717) is 61.8 Å². The van der Waals surface area contributed by atoms with Gasteiger partial charge in [0.2, 0.25) is 17.7 Å². The Bertz CT molecular complexity index is 1550. The van der Waals surface area contributed by atoms with Crippen LogP contribution in [0.3, 0.4) is 0 Å². The molecule has 0 saturated carbocycles. The van der Waals surface area contributed by atoms with Gasteiger partial charge in [0.15, 0.2) is 11.5 Å². The fourth-order valence-electron chi connectivity index (χ4n) is 5.85. The van der Waals surface area contributed by atoms with Crippen LogP contribution in [0.15, 0.2) is 60.8 Å². The minimum atomic E-state index is -0.528. The number of amides is 3. The van der Waals surface area contributed by atoms with Gasteiger partial charge in [-0.2, -0.15) is 0 Å². The van der Waals surface area contributed by atoms with Crippen molar-refractivity contribution in [1.29, 1.82) is 0 Å². The zero-order chi connectivity index (χ0) is 33.2. The molecular formula is C35H42N4O8. The maximum absolute atomic E-state index is 13.6. The molecule has 1 aromatic heterocycles. The zero-order valence-corrected chi connectivity index (χ0v) is 27.1. The van der Waals surface area contributed by atoms with E-state index in [1.807, 2.05) is 42.5 Å². The molecule has 4 heterocycles. The van der Waals surface area contributed by atoms with Crippen molar-refractivity contribution in [1.82, 2.24) is 20.1 Å². The van der Waals surface area contributed by atoms with Crippen molar-refractivity contribution in [2.75, 3.05) is 54.1 Å². The number of carbonyl (C=O) groups excluding carboxylic acids is 3. The number of pyridine rings is 1. The van der Waals surface area contributed by atoms with Crippen molar-refractivity contribution in [2.45, 2.75) is 44.4 Å². The van der Waals surface area contributed by atoms with Gasteiger partial charge >= 0.3 is 0 Å². The number of piperidine rings is 1. The van der Waals surface area contributed by atoms with Crippen molar-refractivity contribution in [3.63, 3.8) is 0 Å². The normalized spacial score (nSPS) is 19.0. The smallest absolute Gasteiger partial charge is 0.259 e. The van der Waals surface area contributed by atoms with E-state index < -0.39 is 12.1 Å². The summed E-state index contributed by atoms with van der Waals surface area (Å²) in [7, 11) is 4.65. The van der Waals surface area contributed by atoms with Crippen molar-refractivity contribution >= 4 is 17.7 Å². The number of nitrogens with one attached hydrogen (secondary N) is 1. The van der Waals surface area contributed by atoms with Crippen LogP contribution in [-0.4, -0.2) is 98.8 Å². The number of methoxy groups -OCH3 is 3. The van der Waals surface area contributed by atoms with Gasteiger partial charge in [0.25, 0.3) is 5.91 Å². The van der Waals surface area contributed by atoms with Crippen LogP contribution >= 0.6 is 0 Å². The van der Waals surface area contributed by atoms with Crippen LogP contribution in [0.1, 0.15) is 40.7 Å². The molecule has 1 saturated heterocycles. The van der Waals surface area contributed by atoms with Crippen LogP contribution in [0.5, 0.6) is 23.1 Å². The minimum absolute atomic E-state index is 0.131. The first-order valence-corrected chi connectivity index (χ1v) is 15.8. The summed E-state index contributed by atoms with van der Waals surface area (Å²) >= 11 is 0. The lowest BCUT2D eigenvalue weighted by Gasteiger charge is -2.39. The Labute approximate surface area is 274 Å². The Morgan fingerprint density at radius 2 is 1.89 bits per heavy atom. The van der Waals surface area contributed by atoms with E-state index in [0.717, 1.165) is 11.1 Å². The summed E-state index contributed by atoms with van der Waals surface area (Å²) in [5.41, 5.74) is 2.13. The molecule has 0 radical (unpaired) electrons. The van der Waals surface area contributed by atoms with E-state index in [4.69, 9.17) is 23.7 Å². The third kappa shape index (κ3) is 8.78. The first kappa shape index (κ1) is 33.7. The maximum Gasteiger partial charge on any atom is 0.259 e. The van der Waals surface area contributed by atoms with Gasteiger partial charge in [0.05, 0.1) is 39.5 Å². The van der Waals surface area contributed by atoms with E-state index in [1.165, 1.54) is 7.11 Å². The quantitative estimate of drug-likeness (QED) is 0.383. The molecule has 3 aromatic rings. The average Bonchev–Trinajstić information content (AvgIpc) is 3.09. The van der Waals surface area contributed by atoms with Crippen LogP contribution in [0, 0.1) is 0 Å². The lowest BCUT2D eigenvalue weighted by atomic mass is 10.0. The number of benzene rings is 2. The van der Waals surface area contributed by atoms with E-state index >= 15 is 0 Å². The summed E-state index contributed by atoms with van der Waals surface area (Å²) < 4.78 is 28.7. The molecule has 3 amide bonds. The molecule has 0 spiro atoms. The van der Waals surface area contributed by atoms with Gasteiger partial charge in [-0.3, -0.25) is 14.4 Å². The van der Waals surface area contributed by atoms with Crippen LogP contribution in [-0.2, 0) is 32.1 Å². The molecule has 3 aliphatic heterocycles. The van der Waals surface area contributed by atoms with E-state index in [2.05, 4.69) is 10.3 Å². The monoisotopic (exact) mass is 646 g/mol. The summed E-state index contributed by atoms with van der Waals surface area (Å²) in [5, 5.41) is 3.09. The number of hydrogen-bond donors (Lipinski definition) is 1. The third-order valence-corrected chi connectivity index (χ3v) is 8.29. The lowest BCUT2D eigenvalue weighted by Crippen LogP contribution is -2.58. The first-order valence-electron chi connectivity index (χ1n) is 15.8. The van der Waals surface area contributed by atoms with Crippen LogP contribution < -0.4 is 19.5 Å². The summed E-state index contributed by atoms with van der Waals surface area (Å²) in [4.78, 5) is 48.0. The number of likely N-dealkylation sites (tertiary alicyclic amines) is 1. The summed E-state index contributed by atoms with van der Waals surface area (Å²) in [6.07, 6.45) is 2.90. The van der Waals surface area contributed by atoms with Gasteiger partial charge in [0.1, 0.15) is 11.3 Å². The molecule has 250 valence electrons. The number of fused-ring (bicyclic) bond motifs is 9. The Hall–Kier alpha value is -4.68. The number of nitrogens with zero attached hydrogens (tertiary/aromatic N) is 3. The van der Waals surface area contributed by atoms with Crippen molar-refractivity contribution < 1.29 is 38.1 Å². The standard InChI is InChI=1S/C35H42N4O8/c1-43-18-6-16-38-22-32(40)37-28-21-39(35(42)27-9-5-15-36-34(27)45-3)17-14-29(28)46-23-25-7-4-8-26(19-25)47-30-12-10-24(11-13-33(38)41)20-31(30)44-2/h4-5,7-10,12,15,19-20,28-29H,6,11,13-14,16-18,21-23H2,1-3H3,(H,37,40)/t28-,29+/m0/s1. The zero-order valence-electron chi connectivity index (χ0n) is 27.1. The second-order valence-electron chi connectivity index (χ2n) is 11.5. The highest BCUT2D eigenvalue weighted by atomic mass is 16.5. The molecule has 3 aliphatic rings. The van der Waals surface area contributed by atoms with Crippen LogP contribution in [0.2, 0.25) is 0 Å². The number of aromatic nitrogens is 1. The Morgan fingerprint density at radius 3 is 2.70 bits per heavy atom. The summed E-state index contributed by atoms with van der Waals surface area (Å²) in [6.45, 7) is 1.57. The van der Waals surface area contributed by atoms with E-state index in [9.17, 15) is 14.4 Å². The van der Waals surface area contributed by atoms with Gasteiger partial charge in [0, 0.05) is 46.0 Å². The molecule has 0 unspecified atom stereocenters. The van der Waals surface area contributed by atoms with Crippen LogP contribution in [0.25, 0.3) is 0 Å². The Morgan fingerprint density at radius 1 is 1.02 bits per heavy atom. The molecule has 1 fully saturated rings. The molecule has 12 heteroatoms. The number of ether oxygens (including phenoxy) is 5. The van der Waals surface area contributed by atoms with E-state index in [-0.39, 0.29) is 49.7 Å². The third-order valence-electron chi connectivity index (χ3n) is 8.29. The molecule has 47 heavy (non-hydrogen) atoms. The second-order valence-corrected chi connectivity index (χ2v) is 11.5. The number of aryl methyl sites for hydroxylation is 1. The summed E-state index contributed by atoms with van der Waals surface area (Å²) in [5.74, 6) is 1.23. The molecule has 6 rings (SSSR count). The van der Waals surface area contributed by atoms with Gasteiger partial charge in [-0.15, -0.1) is 0 Å². The largest absolute Gasteiger partial charge is 0.493 e. The average molecular weight is 647 g/mol. The van der Waals surface area contributed by atoms with Gasteiger partial charge in [-0.05, 0) is 66.8 Å². The van der Waals surface area contributed by atoms with Gasteiger partial charge in [-0.25, -0.2) is 4.98 Å². The van der Waals surface area contributed by atoms with Crippen molar-refractivity contribution in [2.24, 2.45) is 0 Å². The van der Waals surface area contributed by atoms with E-state index in [1.54, 1.807) is 42.3 Å². The van der Waals surface area contributed by atoms with Crippen LogP contribution in [0.4, 0.5) is 0 Å². The lowest BCUT2D eigenvalue weighted by molar-refractivity contribution is -0.137. The Kier molecular flexibility index (Phi) is 11.6. The molecule has 0 aliphatic carbocycles. The van der Waals surface area contributed by atoms with Crippen molar-refractivity contribution in [3.8, 4) is 23.1 Å². The highest BCUT2D eigenvalue weighted by Crippen LogP contribution is 2.33. The highest BCUT2D eigenvalue weighted by Gasteiger charge is 2.35. The topological polar surface area (TPSA) is 129 Å². The van der Waals surface area contributed by atoms with Gasteiger partial charge < -0.3 is 38.8 Å². The molecule has 4 bridgehead atoms. The van der Waals surface area contributed by atoms with Crippen molar-refractivity contribution in [3.05, 3.63) is 77.5 Å². The predicted molar refractivity (Wildman–Crippen MR) is 173 cm³/mol. The fourth-order valence-corrected chi connectivity index (χ4v) is 5.85. The molecule has 2 atom stereocenters. The van der Waals surface area contributed by atoms with Gasteiger partial charge in [-0.1, -0.05) is 18.2 Å². The number of rotatable bonds is 7. The molecule has 2 aromatic carbocycles. The second kappa shape index (κ2) is 16.2. The fraction of sp³-hybridized carbons (Fsp3) is 0.429. The minimum Gasteiger partial charge on any atom is -0.493 e. The number of carbonyl (C=O) groups is 3. The molecule has 1 N–H and O–H groups in total. The maximum atomic E-state index is 13.6. The summed E-state index contributed by atoms with van der Waals surface area (Å²) in [6, 6.07) is 16.0. The Balaban J connectivity index is 1.42. The first-order chi connectivity index (χ1) is 22.9. The predicted octanol–water partition coefficient (Wildman–Crippen LogP) is 3.62. The SMILES string of the molecule is COCCCN1CC(=O)N[C@H]2CN(C(=O)c3cccnc3OC)CC[C@H]2OCc2cccc(c2)Oc2ccc(cc2OC)CCC1=O. The molecular weight excluding hydrogens is 604 g/mol. The number of hydrogen-bond acceptors (Lipinski definition) is 9. The molecule has 12 nitrogen and oxygen atoms in total.